The Bertz CT molecular complexity index is 499. The van der Waals surface area contributed by atoms with E-state index in [0.29, 0.717) is 11.4 Å². The van der Waals surface area contributed by atoms with Gasteiger partial charge in [-0.05, 0) is 31.0 Å². The van der Waals surface area contributed by atoms with E-state index in [1.54, 1.807) is 0 Å². The van der Waals surface area contributed by atoms with E-state index in [2.05, 4.69) is 5.32 Å². The van der Waals surface area contributed by atoms with Crippen LogP contribution in [0.2, 0.25) is 5.02 Å². The van der Waals surface area contributed by atoms with Gasteiger partial charge in [0.15, 0.2) is 9.84 Å². The van der Waals surface area contributed by atoms with Gasteiger partial charge in [0.25, 0.3) is 0 Å². The number of hydrogen-bond acceptors (Lipinski definition) is 3. The predicted molar refractivity (Wildman–Crippen MR) is 66.9 cm³/mol. The summed E-state index contributed by atoms with van der Waals surface area (Å²) in [6.45, 7) is 1.94. The Balaban J connectivity index is 2.08. The van der Waals surface area contributed by atoms with Crippen LogP contribution in [0.4, 0.5) is 5.69 Å². The Morgan fingerprint density at radius 1 is 1.44 bits per heavy atom. The first-order chi connectivity index (χ1) is 7.46. The molecule has 88 valence electrons. The topological polar surface area (TPSA) is 46.2 Å². The van der Waals surface area contributed by atoms with Crippen LogP contribution in [0.5, 0.6) is 0 Å². The number of hydrogen-bond donors (Lipinski definition) is 1. The maximum absolute atomic E-state index is 11.3. The van der Waals surface area contributed by atoms with Crippen molar-refractivity contribution in [3.8, 4) is 0 Å². The van der Waals surface area contributed by atoms with E-state index in [4.69, 9.17) is 11.6 Å². The number of aryl methyl sites for hydroxylation is 1. The van der Waals surface area contributed by atoms with Gasteiger partial charge in [0, 0.05) is 16.8 Å². The molecule has 1 heterocycles. The van der Waals surface area contributed by atoms with Gasteiger partial charge in [-0.2, -0.15) is 0 Å². The standard InChI is InChI=1S/C11H14ClNO2S/c1-8-2-3-9(6-11(8)12)13-10-4-5-16(14,15)7-10/h2-3,6,10,13H,4-5,7H2,1H3. The highest BCUT2D eigenvalue weighted by molar-refractivity contribution is 7.91. The molecule has 0 aromatic heterocycles. The lowest BCUT2D eigenvalue weighted by atomic mass is 10.2. The van der Waals surface area contributed by atoms with Crippen molar-refractivity contribution in [3.63, 3.8) is 0 Å². The summed E-state index contributed by atoms with van der Waals surface area (Å²) in [7, 11) is -2.83. The fourth-order valence-corrected chi connectivity index (χ4v) is 3.68. The van der Waals surface area contributed by atoms with Crippen molar-refractivity contribution < 1.29 is 8.42 Å². The van der Waals surface area contributed by atoms with E-state index in [9.17, 15) is 8.42 Å². The van der Waals surface area contributed by atoms with Crippen LogP contribution < -0.4 is 5.32 Å². The molecule has 5 heteroatoms. The van der Waals surface area contributed by atoms with Crippen molar-refractivity contribution in [3.05, 3.63) is 28.8 Å². The van der Waals surface area contributed by atoms with Crippen molar-refractivity contribution in [2.45, 2.75) is 19.4 Å². The Morgan fingerprint density at radius 2 is 2.19 bits per heavy atom. The molecule has 0 aliphatic carbocycles. The van der Waals surface area contributed by atoms with Gasteiger partial charge in [-0.25, -0.2) is 8.42 Å². The third-order valence-corrected chi connectivity index (χ3v) is 4.95. The molecule has 1 atom stereocenters. The number of nitrogens with one attached hydrogen (secondary N) is 1. The van der Waals surface area contributed by atoms with Crippen LogP contribution in [-0.4, -0.2) is 26.0 Å². The maximum Gasteiger partial charge on any atom is 0.152 e. The largest absolute Gasteiger partial charge is 0.381 e. The zero-order chi connectivity index (χ0) is 11.8. The lowest BCUT2D eigenvalue weighted by molar-refractivity contribution is 0.602. The molecule has 1 aromatic carbocycles. The molecule has 0 bridgehead atoms. The summed E-state index contributed by atoms with van der Waals surface area (Å²) in [4.78, 5) is 0. The predicted octanol–water partition coefficient (Wildman–Crippen LogP) is 2.25. The molecule has 1 aliphatic heterocycles. The molecule has 0 spiro atoms. The summed E-state index contributed by atoms with van der Waals surface area (Å²) in [5.74, 6) is 0.503. The van der Waals surface area contributed by atoms with E-state index >= 15 is 0 Å². The van der Waals surface area contributed by atoms with Gasteiger partial charge < -0.3 is 5.32 Å². The average molecular weight is 260 g/mol. The van der Waals surface area contributed by atoms with Gasteiger partial charge in [-0.1, -0.05) is 17.7 Å². The monoisotopic (exact) mass is 259 g/mol. The summed E-state index contributed by atoms with van der Waals surface area (Å²) in [6, 6.07) is 5.70. The SMILES string of the molecule is Cc1ccc(NC2CCS(=O)(=O)C2)cc1Cl. The van der Waals surface area contributed by atoms with Crippen LogP contribution in [-0.2, 0) is 9.84 Å². The van der Waals surface area contributed by atoms with Crippen LogP contribution in [0.3, 0.4) is 0 Å². The fourth-order valence-electron chi connectivity index (χ4n) is 1.83. The Morgan fingerprint density at radius 3 is 2.75 bits per heavy atom. The van der Waals surface area contributed by atoms with Gasteiger partial charge in [0.2, 0.25) is 0 Å². The maximum atomic E-state index is 11.3. The number of benzene rings is 1. The summed E-state index contributed by atoms with van der Waals surface area (Å²) in [6.07, 6.45) is 0.674. The number of sulfone groups is 1. The first-order valence-electron chi connectivity index (χ1n) is 5.19. The molecule has 0 radical (unpaired) electrons. The second-order valence-electron chi connectivity index (χ2n) is 4.21. The van der Waals surface area contributed by atoms with Gasteiger partial charge in [-0.3, -0.25) is 0 Å². The van der Waals surface area contributed by atoms with E-state index in [1.807, 2.05) is 25.1 Å². The van der Waals surface area contributed by atoms with E-state index < -0.39 is 9.84 Å². The zero-order valence-electron chi connectivity index (χ0n) is 9.03. The average Bonchev–Trinajstić information content (AvgIpc) is 2.52. The molecule has 0 saturated carbocycles. The molecular weight excluding hydrogens is 246 g/mol. The van der Waals surface area contributed by atoms with Crippen LogP contribution in [0, 0.1) is 6.92 Å². The van der Waals surface area contributed by atoms with Gasteiger partial charge >= 0.3 is 0 Å². The molecular formula is C11H14ClNO2S. The first-order valence-corrected chi connectivity index (χ1v) is 7.39. The number of halogens is 1. The smallest absolute Gasteiger partial charge is 0.152 e. The van der Waals surface area contributed by atoms with Crippen molar-refractivity contribution in [1.82, 2.24) is 0 Å². The van der Waals surface area contributed by atoms with Gasteiger partial charge in [0.05, 0.1) is 11.5 Å². The van der Waals surface area contributed by atoms with Crippen LogP contribution >= 0.6 is 11.6 Å². The van der Waals surface area contributed by atoms with E-state index in [0.717, 1.165) is 11.3 Å². The molecule has 1 fully saturated rings. The Hall–Kier alpha value is -0.740. The third kappa shape index (κ3) is 2.68. The highest BCUT2D eigenvalue weighted by Gasteiger charge is 2.27. The zero-order valence-corrected chi connectivity index (χ0v) is 10.6. The highest BCUT2D eigenvalue weighted by Crippen LogP contribution is 2.22. The minimum atomic E-state index is -2.83. The van der Waals surface area contributed by atoms with Crippen LogP contribution in [0.25, 0.3) is 0 Å². The van der Waals surface area contributed by atoms with Crippen LogP contribution in [0.15, 0.2) is 18.2 Å². The van der Waals surface area contributed by atoms with Crippen molar-refractivity contribution in [1.29, 1.82) is 0 Å². The minimum absolute atomic E-state index is 0.0174. The minimum Gasteiger partial charge on any atom is -0.381 e. The van der Waals surface area contributed by atoms with Gasteiger partial charge in [0.1, 0.15) is 0 Å². The lowest BCUT2D eigenvalue weighted by Gasteiger charge is -2.13. The van der Waals surface area contributed by atoms with Gasteiger partial charge in [-0.15, -0.1) is 0 Å². The first kappa shape index (κ1) is 11.7. The summed E-state index contributed by atoms with van der Waals surface area (Å²) < 4.78 is 22.6. The molecule has 1 aliphatic rings. The Labute approximate surface area is 101 Å². The Kier molecular flexibility index (Phi) is 3.13. The summed E-state index contributed by atoms with van der Waals surface area (Å²) >= 11 is 6.00. The van der Waals surface area contributed by atoms with Crippen molar-refractivity contribution in [2.75, 3.05) is 16.8 Å². The second kappa shape index (κ2) is 4.26. The molecule has 1 aromatic rings. The second-order valence-corrected chi connectivity index (χ2v) is 6.84. The fraction of sp³-hybridized carbons (Fsp3) is 0.455. The molecule has 1 saturated heterocycles. The molecule has 1 N–H and O–H groups in total. The van der Waals surface area contributed by atoms with E-state index in [-0.39, 0.29) is 17.5 Å². The molecule has 2 rings (SSSR count). The van der Waals surface area contributed by atoms with E-state index in [1.165, 1.54) is 0 Å². The molecule has 3 nitrogen and oxygen atoms in total. The highest BCUT2D eigenvalue weighted by atomic mass is 35.5. The normalized spacial score (nSPS) is 23.2. The number of rotatable bonds is 2. The van der Waals surface area contributed by atoms with Crippen LogP contribution in [0.1, 0.15) is 12.0 Å². The van der Waals surface area contributed by atoms with Crippen molar-refractivity contribution >= 4 is 27.1 Å². The molecule has 0 amide bonds. The summed E-state index contributed by atoms with van der Waals surface area (Å²) in [5, 5.41) is 3.90. The summed E-state index contributed by atoms with van der Waals surface area (Å²) in [5.41, 5.74) is 1.91. The quantitative estimate of drug-likeness (QED) is 0.886. The third-order valence-electron chi connectivity index (χ3n) is 2.78. The molecule has 16 heavy (non-hydrogen) atoms. The number of anilines is 1. The van der Waals surface area contributed by atoms with Crippen molar-refractivity contribution in [2.24, 2.45) is 0 Å². The lowest BCUT2D eigenvalue weighted by Crippen LogP contribution is -2.20. The molecule has 1 unspecified atom stereocenters.